The molecule has 2 aromatic carbocycles. The normalized spacial score (nSPS) is 16.9. The summed E-state index contributed by atoms with van der Waals surface area (Å²) >= 11 is 0. The second kappa shape index (κ2) is 7.91. The lowest BCUT2D eigenvalue weighted by molar-refractivity contribution is -0.120. The molecule has 1 heterocycles. The van der Waals surface area contributed by atoms with Crippen molar-refractivity contribution in [2.75, 3.05) is 19.4 Å². The van der Waals surface area contributed by atoms with Crippen molar-refractivity contribution in [1.82, 2.24) is 5.32 Å². The maximum absolute atomic E-state index is 12.2. The molecule has 5 nitrogen and oxygen atoms in total. The Balaban J connectivity index is 1.53. The monoisotopic (exact) mass is 373 g/mol. The van der Waals surface area contributed by atoms with Gasteiger partial charge in [-0.25, -0.2) is 8.42 Å². The molecule has 1 atom stereocenters. The van der Waals surface area contributed by atoms with Crippen LogP contribution >= 0.6 is 0 Å². The van der Waals surface area contributed by atoms with Crippen molar-refractivity contribution in [2.24, 2.45) is 5.92 Å². The third-order valence-corrected chi connectivity index (χ3v) is 5.70. The number of fused-ring (bicyclic) bond motifs is 1. The number of ether oxygens (including phenoxy) is 1. The number of carbonyl (C=O) groups is 1. The number of carbonyl (C=O) groups excluding carboxylic acids is 1. The van der Waals surface area contributed by atoms with Gasteiger partial charge < -0.3 is 10.1 Å². The van der Waals surface area contributed by atoms with Crippen LogP contribution < -0.4 is 10.1 Å². The number of benzene rings is 2. The average Bonchev–Trinajstić information content (AvgIpc) is 2.81. The maximum Gasteiger partial charge on any atom is 0.224 e. The van der Waals surface area contributed by atoms with E-state index in [1.54, 1.807) is 12.1 Å². The minimum atomic E-state index is -3.21. The molecule has 0 fully saturated rings. The summed E-state index contributed by atoms with van der Waals surface area (Å²) in [4.78, 5) is 12.5. The SMILES string of the molecule is CS(=O)(=O)c1ccc(CC(=O)NCC2CCOc3ccccc3C2)cc1. The predicted octanol–water partition coefficient (Wildman–Crippen LogP) is 2.39. The summed E-state index contributed by atoms with van der Waals surface area (Å²) in [6, 6.07) is 14.5. The average molecular weight is 373 g/mol. The molecule has 6 heteroatoms. The van der Waals surface area contributed by atoms with Crippen LogP contribution in [0.5, 0.6) is 5.75 Å². The second-order valence-electron chi connectivity index (χ2n) is 6.71. The highest BCUT2D eigenvalue weighted by Crippen LogP contribution is 2.26. The fourth-order valence-corrected chi connectivity index (χ4v) is 3.73. The van der Waals surface area contributed by atoms with Gasteiger partial charge in [-0.05, 0) is 48.1 Å². The first-order valence-corrected chi connectivity index (χ1v) is 10.6. The minimum Gasteiger partial charge on any atom is -0.493 e. The molecule has 1 aliphatic rings. The van der Waals surface area contributed by atoms with Crippen LogP contribution in [-0.2, 0) is 27.5 Å². The largest absolute Gasteiger partial charge is 0.493 e. The lowest BCUT2D eigenvalue weighted by Crippen LogP contribution is -2.31. The highest BCUT2D eigenvalue weighted by molar-refractivity contribution is 7.90. The van der Waals surface area contributed by atoms with E-state index < -0.39 is 9.84 Å². The highest BCUT2D eigenvalue weighted by Gasteiger charge is 2.18. The van der Waals surface area contributed by atoms with Gasteiger partial charge in [-0.3, -0.25) is 4.79 Å². The minimum absolute atomic E-state index is 0.0597. The first-order chi connectivity index (χ1) is 12.4. The summed E-state index contributed by atoms with van der Waals surface area (Å²) in [5.74, 6) is 1.22. The van der Waals surface area contributed by atoms with Gasteiger partial charge in [0, 0.05) is 12.8 Å². The number of hydrogen-bond acceptors (Lipinski definition) is 4. The van der Waals surface area contributed by atoms with Crippen LogP contribution in [0.4, 0.5) is 0 Å². The Bertz CT molecular complexity index is 875. The van der Waals surface area contributed by atoms with Gasteiger partial charge in [0.25, 0.3) is 0 Å². The molecule has 26 heavy (non-hydrogen) atoms. The zero-order valence-corrected chi connectivity index (χ0v) is 15.6. The molecule has 0 bridgehead atoms. The van der Waals surface area contributed by atoms with E-state index in [1.807, 2.05) is 18.2 Å². The van der Waals surface area contributed by atoms with Gasteiger partial charge in [0.2, 0.25) is 5.91 Å². The number of nitrogens with one attached hydrogen (secondary N) is 1. The molecular formula is C20H23NO4S. The molecule has 1 aliphatic heterocycles. The van der Waals surface area contributed by atoms with Crippen LogP contribution in [0.15, 0.2) is 53.4 Å². The summed E-state index contributed by atoms with van der Waals surface area (Å²) < 4.78 is 28.7. The van der Waals surface area contributed by atoms with E-state index in [0.717, 1.165) is 24.2 Å². The number of sulfone groups is 1. The standard InChI is InChI=1S/C20H23NO4S/c1-26(23,24)18-8-6-15(7-9-18)13-20(22)21-14-16-10-11-25-19-5-3-2-4-17(19)12-16/h2-9,16H,10-14H2,1H3,(H,21,22). The second-order valence-corrected chi connectivity index (χ2v) is 8.73. The summed E-state index contributed by atoms with van der Waals surface area (Å²) in [7, 11) is -3.21. The quantitative estimate of drug-likeness (QED) is 0.873. The maximum atomic E-state index is 12.2. The molecule has 0 aliphatic carbocycles. The zero-order chi connectivity index (χ0) is 18.6. The van der Waals surface area contributed by atoms with Crippen LogP contribution in [-0.4, -0.2) is 33.7 Å². The van der Waals surface area contributed by atoms with Crippen LogP contribution in [0, 0.1) is 5.92 Å². The molecule has 1 amide bonds. The first-order valence-electron chi connectivity index (χ1n) is 8.68. The van der Waals surface area contributed by atoms with Crippen molar-refractivity contribution >= 4 is 15.7 Å². The number of amides is 1. The summed E-state index contributed by atoms with van der Waals surface area (Å²) in [5.41, 5.74) is 1.98. The number of rotatable bonds is 5. The van der Waals surface area contributed by atoms with E-state index >= 15 is 0 Å². The molecule has 3 rings (SSSR count). The van der Waals surface area contributed by atoms with Gasteiger partial charge in [0.05, 0.1) is 17.9 Å². The van der Waals surface area contributed by atoms with Crippen molar-refractivity contribution < 1.29 is 17.9 Å². The third kappa shape index (κ3) is 4.85. The fraction of sp³-hybridized carbons (Fsp3) is 0.350. The van der Waals surface area contributed by atoms with Crippen molar-refractivity contribution in [1.29, 1.82) is 0 Å². The van der Waals surface area contributed by atoms with E-state index in [2.05, 4.69) is 11.4 Å². The van der Waals surface area contributed by atoms with E-state index in [0.29, 0.717) is 19.1 Å². The molecule has 1 unspecified atom stereocenters. The van der Waals surface area contributed by atoms with Crippen molar-refractivity contribution in [3.8, 4) is 5.75 Å². The molecule has 0 saturated carbocycles. The third-order valence-electron chi connectivity index (χ3n) is 4.57. The van der Waals surface area contributed by atoms with E-state index in [4.69, 9.17) is 4.74 Å². The van der Waals surface area contributed by atoms with Gasteiger partial charge in [-0.1, -0.05) is 30.3 Å². The van der Waals surface area contributed by atoms with Crippen LogP contribution in [0.2, 0.25) is 0 Å². The van der Waals surface area contributed by atoms with Crippen LogP contribution in [0.1, 0.15) is 17.5 Å². The number of hydrogen-bond donors (Lipinski definition) is 1. The van der Waals surface area contributed by atoms with Gasteiger partial charge in [-0.15, -0.1) is 0 Å². The van der Waals surface area contributed by atoms with E-state index in [9.17, 15) is 13.2 Å². The van der Waals surface area contributed by atoms with Gasteiger partial charge in [-0.2, -0.15) is 0 Å². The first kappa shape index (κ1) is 18.5. The Kier molecular flexibility index (Phi) is 5.61. The van der Waals surface area contributed by atoms with Gasteiger partial charge >= 0.3 is 0 Å². The highest BCUT2D eigenvalue weighted by atomic mass is 32.2. The smallest absolute Gasteiger partial charge is 0.224 e. The van der Waals surface area contributed by atoms with Gasteiger partial charge in [0.1, 0.15) is 5.75 Å². The van der Waals surface area contributed by atoms with Gasteiger partial charge in [0.15, 0.2) is 9.84 Å². The molecule has 2 aromatic rings. The van der Waals surface area contributed by atoms with Crippen LogP contribution in [0.3, 0.4) is 0 Å². The summed E-state index contributed by atoms with van der Waals surface area (Å²) in [6.45, 7) is 1.27. The molecule has 0 radical (unpaired) electrons. The topological polar surface area (TPSA) is 72.5 Å². The van der Waals surface area contributed by atoms with Crippen molar-refractivity contribution in [3.05, 3.63) is 59.7 Å². The van der Waals surface area contributed by atoms with Crippen molar-refractivity contribution in [2.45, 2.75) is 24.2 Å². The molecule has 138 valence electrons. The molecule has 0 spiro atoms. The number of para-hydroxylation sites is 1. The fourth-order valence-electron chi connectivity index (χ4n) is 3.10. The lowest BCUT2D eigenvalue weighted by Gasteiger charge is -2.14. The molecule has 1 N–H and O–H groups in total. The van der Waals surface area contributed by atoms with E-state index in [1.165, 1.54) is 24.0 Å². The molecule has 0 saturated heterocycles. The predicted molar refractivity (Wildman–Crippen MR) is 100 cm³/mol. The van der Waals surface area contributed by atoms with Crippen molar-refractivity contribution in [3.63, 3.8) is 0 Å². The summed E-state index contributed by atoms with van der Waals surface area (Å²) in [6.07, 6.45) is 3.20. The molecular weight excluding hydrogens is 350 g/mol. The Hall–Kier alpha value is -2.34. The Labute approximate surface area is 154 Å². The van der Waals surface area contributed by atoms with Crippen LogP contribution in [0.25, 0.3) is 0 Å². The summed E-state index contributed by atoms with van der Waals surface area (Å²) in [5, 5.41) is 2.99. The van der Waals surface area contributed by atoms with E-state index in [-0.39, 0.29) is 17.2 Å². The Morgan fingerprint density at radius 3 is 2.62 bits per heavy atom. The lowest BCUT2D eigenvalue weighted by atomic mass is 9.97. The zero-order valence-electron chi connectivity index (χ0n) is 14.8. The molecule has 0 aromatic heterocycles. The Morgan fingerprint density at radius 1 is 1.15 bits per heavy atom. The Morgan fingerprint density at radius 2 is 1.88 bits per heavy atom.